The van der Waals surface area contributed by atoms with Crippen LogP contribution in [0.25, 0.3) is 22.0 Å². The van der Waals surface area contributed by atoms with Crippen molar-refractivity contribution in [2.45, 2.75) is 33.4 Å². The number of rotatable bonds is 8. The summed E-state index contributed by atoms with van der Waals surface area (Å²) in [5, 5.41) is 13.7. The standard InChI is InChI=1S/C34H32N2O4/c1-21-23(3)36(20-24-13-15-25(16-14-24)28-10-5-6-11-29(28)34(38)39)31-18-17-26(19-30(21)31)33(37)35-22(2)27-9-7-8-12-32(27)40-4/h5-19,22H,20H2,1-4H3,(H,35,37)(H,38,39). The number of hydrogen-bond acceptors (Lipinski definition) is 3. The molecule has 5 rings (SSSR count). The van der Waals surface area contributed by atoms with Gasteiger partial charge in [0.1, 0.15) is 5.75 Å². The minimum atomic E-state index is -0.938. The van der Waals surface area contributed by atoms with Gasteiger partial charge in [-0.3, -0.25) is 4.79 Å². The maximum atomic E-state index is 13.2. The minimum absolute atomic E-state index is 0.137. The predicted octanol–water partition coefficient (Wildman–Crippen LogP) is 7.17. The molecule has 0 radical (unpaired) electrons. The van der Waals surface area contributed by atoms with Crippen LogP contribution < -0.4 is 10.1 Å². The number of amides is 1. The molecule has 202 valence electrons. The number of aryl methyl sites for hydroxylation is 1. The number of ether oxygens (including phenoxy) is 1. The van der Waals surface area contributed by atoms with E-state index in [-0.39, 0.29) is 17.5 Å². The van der Waals surface area contributed by atoms with Crippen molar-refractivity contribution < 1.29 is 19.4 Å². The molecule has 0 aliphatic rings. The number of nitrogens with one attached hydrogen (secondary N) is 1. The Labute approximate surface area is 233 Å². The monoisotopic (exact) mass is 532 g/mol. The molecule has 40 heavy (non-hydrogen) atoms. The van der Waals surface area contributed by atoms with Crippen molar-refractivity contribution in [3.05, 3.63) is 125 Å². The number of carboxylic acid groups (broad SMARTS) is 1. The van der Waals surface area contributed by atoms with Gasteiger partial charge in [0.2, 0.25) is 0 Å². The van der Waals surface area contributed by atoms with E-state index in [1.165, 1.54) is 0 Å². The highest BCUT2D eigenvalue weighted by Crippen LogP contribution is 2.30. The van der Waals surface area contributed by atoms with E-state index in [1.54, 1.807) is 19.2 Å². The molecule has 0 spiro atoms. The zero-order chi connectivity index (χ0) is 28.4. The number of nitrogens with zero attached hydrogens (tertiary/aromatic N) is 1. The number of aromatic nitrogens is 1. The molecule has 0 saturated carbocycles. The largest absolute Gasteiger partial charge is 0.496 e. The average Bonchev–Trinajstić information content (AvgIpc) is 3.21. The van der Waals surface area contributed by atoms with Crippen LogP contribution in [0.2, 0.25) is 0 Å². The van der Waals surface area contributed by atoms with Gasteiger partial charge in [-0.05, 0) is 73.4 Å². The lowest BCUT2D eigenvalue weighted by Gasteiger charge is -2.17. The van der Waals surface area contributed by atoms with Crippen LogP contribution in [-0.4, -0.2) is 28.7 Å². The number of aromatic carboxylic acids is 1. The molecule has 0 bridgehead atoms. The molecule has 1 heterocycles. The maximum absolute atomic E-state index is 13.2. The smallest absolute Gasteiger partial charge is 0.336 e. The number of benzene rings is 4. The molecule has 6 heteroatoms. The zero-order valence-electron chi connectivity index (χ0n) is 23.1. The molecular weight excluding hydrogens is 500 g/mol. The number of carbonyl (C=O) groups is 2. The van der Waals surface area contributed by atoms with Crippen LogP contribution in [0.4, 0.5) is 0 Å². The van der Waals surface area contributed by atoms with Crippen LogP contribution in [0.3, 0.4) is 0 Å². The van der Waals surface area contributed by atoms with E-state index in [0.717, 1.165) is 44.6 Å². The van der Waals surface area contributed by atoms with Crippen LogP contribution in [0.1, 0.15) is 56.1 Å². The molecule has 1 unspecified atom stereocenters. The van der Waals surface area contributed by atoms with Crippen molar-refractivity contribution in [3.8, 4) is 16.9 Å². The first kappa shape index (κ1) is 26.8. The van der Waals surface area contributed by atoms with Crippen molar-refractivity contribution in [2.75, 3.05) is 7.11 Å². The van der Waals surface area contributed by atoms with Crippen molar-refractivity contribution >= 4 is 22.8 Å². The van der Waals surface area contributed by atoms with Crippen LogP contribution in [0, 0.1) is 13.8 Å². The van der Waals surface area contributed by atoms with Crippen LogP contribution in [-0.2, 0) is 6.54 Å². The Hall–Kier alpha value is -4.84. The summed E-state index contributed by atoms with van der Waals surface area (Å²) in [6.07, 6.45) is 0. The first-order valence-electron chi connectivity index (χ1n) is 13.2. The summed E-state index contributed by atoms with van der Waals surface area (Å²) < 4.78 is 7.71. The highest BCUT2D eigenvalue weighted by atomic mass is 16.5. The number of carboxylic acids is 1. The molecule has 0 saturated heterocycles. The van der Waals surface area contributed by atoms with E-state index >= 15 is 0 Å². The van der Waals surface area contributed by atoms with Crippen molar-refractivity contribution in [2.24, 2.45) is 0 Å². The lowest BCUT2D eigenvalue weighted by Crippen LogP contribution is -2.26. The highest BCUT2D eigenvalue weighted by molar-refractivity contribution is 5.99. The molecule has 5 aromatic rings. The van der Waals surface area contributed by atoms with Gasteiger partial charge in [0, 0.05) is 34.3 Å². The van der Waals surface area contributed by atoms with Crippen molar-refractivity contribution in [3.63, 3.8) is 0 Å². The number of fused-ring (bicyclic) bond motifs is 1. The first-order chi connectivity index (χ1) is 19.3. The Morgan fingerprint density at radius 1 is 0.925 bits per heavy atom. The maximum Gasteiger partial charge on any atom is 0.336 e. The molecule has 2 N–H and O–H groups in total. The predicted molar refractivity (Wildman–Crippen MR) is 158 cm³/mol. The SMILES string of the molecule is COc1ccccc1C(C)NC(=O)c1ccc2c(c1)c(C)c(C)n2Cc1ccc(-c2ccccc2C(=O)O)cc1. The lowest BCUT2D eigenvalue weighted by atomic mass is 9.99. The second kappa shape index (κ2) is 11.1. The fourth-order valence-corrected chi connectivity index (χ4v) is 5.27. The Morgan fingerprint density at radius 2 is 1.62 bits per heavy atom. The number of hydrogen-bond donors (Lipinski definition) is 2. The van der Waals surface area contributed by atoms with Gasteiger partial charge >= 0.3 is 5.97 Å². The van der Waals surface area contributed by atoms with E-state index in [9.17, 15) is 14.7 Å². The molecule has 1 aromatic heterocycles. The van der Waals surface area contributed by atoms with Crippen molar-refractivity contribution in [1.82, 2.24) is 9.88 Å². The molecular formula is C34H32N2O4. The lowest BCUT2D eigenvalue weighted by molar-refractivity contribution is 0.0697. The second-order valence-electron chi connectivity index (χ2n) is 10.0. The summed E-state index contributed by atoms with van der Waals surface area (Å²) in [5.74, 6) is -0.331. The van der Waals surface area contributed by atoms with Gasteiger partial charge in [0.15, 0.2) is 0 Å². The number of methoxy groups -OCH3 is 1. The molecule has 6 nitrogen and oxygen atoms in total. The summed E-state index contributed by atoms with van der Waals surface area (Å²) in [4.78, 5) is 24.8. The van der Waals surface area contributed by atoms with E-state index in [2.05, 4.69) is 23.7 Å². The molecule has 0 aliphatic heterocycles. The topological polar surface area (TPSA) is 80.6 Å². The van der Waals surface area contributed by atoms with Crippen LogP contribution >= 0.6 is 0 Å². The van der Waals surface area contributed by atoms with E-state index in [4.69, 9.17) is 4.74 Å². The molecule has 1 atom stereocenters. The van der Waals surface area contributed by atoms with Crippen LogP contribution in [0.5, 0.6) is 5.75 Å². The van der Waals surface area contributed by atoms with Gasteiger partial charge in [-0.15, -0.1) is 0 Å². The Bertz CT molecular complexity index is 1720. The molecule has 0 fully saturated rings. The third kappa shape index (κ3) is 5.08. The van der Waals surface area contributed by atoms with Crippen molar-refractivity contribution in [1.29, 1.82) is 0 Å². The Morgan fingerprint density at radius 3 is 2.35 bits per heavy atom. The Balaban J connectivity index is 1.39. The summed E-state index contributed by atoms with van der Waals surface area (Å²) in [6.45, 7) is 6.79. The first-order valence-corrected chi connectivity index (χ1v) is 13.2. The van der Waals surface area contributed by atoms with E-state index < -0.39 is 5.97 Å². The number of para-hydroxylation sites is 1. The summed E-state index contributed by atoms with van der Waals surface area (Å²) in [6, 6.07) is 28.4. The highest BCUT2D eigenvalue weighted by Gasteiger charge is 2.18. The molecule has 0 aliphatic carbocycles. The van der Waals surface area contributed by atoms with Gasteiger partial charge in [0.05, 0.1) is 18.7 Å². The fraction of sp³-hybridized carbons (Fsp3) is 0.176. The summed E-state index contributed by atoms with van der Waals surface area (Å²) >= 11 is 0. The second-order valence-corrected chi connectivity index (χ2v) is 10.0. The normalized spacial score (nSPS) is 11.8. The van der Waals surface area contributed by atoms with E-state index in [0.29, 0.717) is 17.7 Å². The third-order valence-electron chi connectivity index (χ3n) is 7.62. The zero-order valence-corrected chi connectivity index (χ0v) is 23.1. The summed E-state index contributed by atoms with van der Waals surface area (Å²) in [7, 11) is 1.63. The molecule has 1 amide bonds. The average molecular weight is 533 g/mol. The third-order valence-corrected chi connectivity index (χ3v) is 7.62. The Kier molecular flexibility index (Phi) is 7.43. The number of carbonyl (C=O) groups excluding carboxylic acids is 1. The van der Waals surface area contributed by atoms with Gasteiger partial charge < -0.3 is 19.7 Å². The minimum Gasteiger partial charge on any atom is -0.496 e. The summed E-state index contributed by atoms with van der Waals surface area (Å²) in [5.41, 5.74) is 7.82. The van der Waals surface area contributed by atoms with Gasteiger partial charge in [0.25, 0.3) is 5.91 Å². The van der Waals surface area contributed by atoms with Gasteiger partial charge in [-0.1, -0.05) is 60.7 Å². The van der Waals surface area contributed by atoms with Gasteiger partial charge in [-0.25, -0.2) is 4.79 Å². The van der Waals surface area contributed by atoms with E-state index in [1.807, 2.05) is 85.8 Å². The van der Waals surface area contributed by atoms with Gasteiger partial charge in [-0.2, -0.15) is 0 Å². The molecule has 4 aromatic carbocycles. The van der Waals surface area contributed by atoms with Crippen LogP contribution in [0.15, 0.2) is 91.0 Å². The quantitative estimate of drug-likeness (QED) is 0.222. The fourth-order valence-electron chi connectivity index (χ4n) is 5.27.